The van der Waals surface area contributed by atoms with Crippen molar-refractivity contribution in [3.05, 3.63) is 35.4 Å². The number of rotatable bonds is 4. The molecule has 1 N–H and O–H groups in total. The fourth-order valence-corrected chi connectivity index (χ4v) is 2.48. The predicted molar refractivity (Wildman–Crippen MR) is 76.4 cm³/mol. The SMILES string of the molecule is CC1(C(=O)NCCc2ccc(C(F)(F)F)cc2)CCCCO1. The average Bonchev–Trinajstić information content (AvgIpc) is 2.47. The zero-order chi connectivity index (χ0) is 16.2. The van der Waals surface area contributed by atoms with Crippen molar-refractivity contribution in [3.63, 3.8) is 0 Å². The molecule has 0 radical (unpaired) electrons. The monoisotopic (exact) mass is 315 g/mol. The van der Waals surface area contributed by atoms with Crippen LogP contribution in [0.4, 0.5) is 13.2 Å². The maximum Gasteiger partial charge on any atom is 0.416 e. The molecule has 1 unspecified atom stereocenters. The number of halogens is 3. The molecule has 1 heterocycles. The summed E-state index contributed by atoms with van der Waals surface area (Å²) >= 11 is 0. The second kappa shape index (κ2) is 6.69. The lowest BCUT2D eigenvalue weighted by Gasteiger charge is -2.32. The first-order valence-electron chi connectivity index (χ1n) is 7.40. The van der Waals surface area contributed by atoms with E-state index >= 15 is 0 Å². The number of benzene rings is 1. The quantitative estimate of drug-likeness (QED) is 0.925. The fourth-order valence-electron chi connectivity index (χ4n) is 2.48. The molecular formula is C16H20F3NO2. The van der Waals surface area contributed by atoms with Crippen LogP contribution < -0.4 is 5.32 Å². The third-order valence-electron chi connectivity index (χ3n) is 3.93. The number of amides is 1. The van der Waals surface area contributed by atoms with Crippen LogP contribution in [0.15, 0.2) is 24.3 Å². The lowest BCUT2D eigenvalue weighted by molar-refractivity contribution is -0.150. The van der Waals surface area contributed by atoms with E-state index in [1.54, 1.807) is 6.92 Å². The normalized spacial score (nSPS) is 22.4. The molecule has 0 aliphatic carbocycles. The van der Waals surface area contributed by atoms with E-state index < -0.39 is 17.3 Å². The number of carbonyl (C=O) groups is 1. The number of alkyl halides is 3. The molecule has 1 aliphatic rings. The first kappa shape index (κ1) is 16.8. The van der Waals surface area contributed by atoms with Crippen molar-refractivity contribution in [2.75, 3.05) is 13.2 Å². The van der Waals surface area contributed by atoms with E-state index in [1.807, 2.05) is 0 Å². The van der Waals surface area contributed by atoms with Crippen LogP contribution in [-0.4, -0.2) is 24.7 Å². The summed E-state index contributed by atoms with van der Waals surface area (Å²) in [6.45, 7) is 2.74. The Hall–Kier alpha value is -1.56. The number of hydrogen-bond donors (Lipinski definition) is 1. The molecule has 0 aromatic heterocycles. The topological polar surface area (TPSA) is 38.3 Å². The van der Waals surface area contributed by atoms with Gasteiger partial charge in [0, 0.05) is 13.2 Å². The summed E-state index contributed by atoms with van der Waals surface area (Å²) in [6.07, 6.45) is -1.21. The Morgan fingerprint density at radius 2 is 1.95 bits per heavy atom. The van der Waals surface area contributed by atoms with Gasteiger partial charge in [-0.05, 0) is 50.3 Å². The van der Waals surface area contributed by atoms with Crippen molar-refractivity contribution in [1.29, 1.82) is 0 Å². The van der Waals surface area contributed by atoms with Crippen molar-refractivity contribution in [2.45, 2.75) is 44.4 Å². The van der Waals surface area contributed by atoms with Gasteiger partial charge in [-0.1, -0.05) is 12.1 Å². The summed E-state index contributed by atoms with van der Waals surface area (Å²) in [5, 5.41) is 2.80. The van der Waals surface area contributed by atoms with Gasteiger partial charge in [0.1, 0.15) is 5.60 Å². The second-order valence-corrected chi connectivity index (χ2v) is 5.74. The third kappa shape index (κ3) is 4.22. The van der Waals surface area contributed by atoms with Crippen LogP contribution in [0.3, 0.4) is 0 Å². The molecule has 1 fully saturated rings. The predicted octanol–water partition coefficient (Wildman–Crippen LogP) is 3.32. The van der Waals surface area contributed by atoms with E-state index in [1.165, 1.54) is 12.1 Å². The van der Waals surface area contributed by atoms with E-state index in [4.69, 9.17) is 4.74 Å². The lowest BCUT2D eigenvalue weighted by Crippen LogP contribution is -2.48. The van der Waals surface area contributed by atoms with Crippen LogP contribution in [0.2, 0.25) is 0 Å². The molecule has 6 heteroatoms. The van der Waals surface area contributed by atoms with E-state index in [0.29, 0.717) is 26.0 Å². The fraction of sp³-hybridized carbons (Fsp3) is 0.562. The minimum absolute atomic E-state index is 0.154. The standard InChI is InChI=1S/C16H20F3NO2/c1-15(9-2-3-11-22-15)14(21)20-10-8-12-4-6-13(7-5-12)16(17,18)19/h4-7H,2-3,8-11H2,1H3,(H,20,21). The Balaban J connectivity index is 1.82. The van der Waals surface area contributed by atoms with Crippen molar-refractivity contribution >= 4 is 5.91 Å². The Morgan fingerprint density at radius 3 is 2.50 bits per heavy atom. The summed E-state index contributed by atoms with van der Waals surface area (Å²) in [5.41, 5.74) is -0.690. The maximum atomic E-state index is 12.5. The molecule has 1 amide bonds. The van der Waals surface area contributed by atoms with Gasteiger partial charge in [0.2, 0.25) is 0 Å². The van der Waals surface area contributed by atoms with Crippen molar-refractivity contribution < 1.29 is 22.7 Å². The molecule has 1 aromatic rings. The van der Waals surface area contributed by atoms with Crippen LogP contribution in [0.1, 0.15) is 37.3 Å². The largest absolute Gasteiger partial charge is 0.416 e. The molecular weight excluding hydrogens is 295 g/mol. The highest BCUT2D eigenvalue weighted by molar-refractivity contribution is 5.84. The van der Waals surface area contributed by atoms with Gasteiger partial charge < -0.3 is 10.1 Å². The molecule has 0 bridgehead atoms. The first-order valence-corrected chi connectivity index (χ1v) is 7.40. The van der Waals surface area contributed by atoms with Gasteiger partial charge in [-0.2, -0.15) is 13.2 Å². The minimum atomic E-state index is -4.32. The Morgan fingerprint density at radius 1 is 1.27 bits per heavy atom. The number of hydrogen-bond acceptors (Lipinski definition) is 2. The van der Waals surface area contributed by atoms with Gasteiger partial charge in [-0.3, -0.25) is 4.79 Å². The van der Waals surface area contributed by atoms with Gasteiger partial charge in [0.15, 0.2) is 0 Å². The van der Waals surface area contributed by atoms with E-state index in [-0.39, 0.29) is 5.91 Å². The Labute approximate surface area is 127 Å². The molecule has 22 heavy (non-hydrogen) atoms. The zero-order valence-electron chi connectivity index (χ0n) is 12.5. The van der Waals surface area contributed by atoms with Crippen LogP contribution in [0, 0.1) is 0 Å². The number of nitrogens with one attached hydrogen (secondary N) is 1. The Kier molecular flexibility index (Phi) is 5.11. The van der Waals surface area contributed by atoms with Crippen molar-refractivity contribution in [3.8, 4) is 0 Å². The molecule has 1 aliphatic heterocycles. The average molecular weight is 315 g/mol. The lowest BCUT2D eigenvalue weighted by atomic mass is 9.95. The van der Waals surface area contributed by atoms with Gasteiger partial charge in [0.25, 0.3) is 5.91 Å². The van der Waals surface area contributed by atoms with Crippen molar-refractivity contribution in [1.82, 2.24) is 5.32 Å². The molecule has 3 nitrogen and oxygen atoms in total. The van der Waals surface area contributed by atoms with Crippen LogP contribution >= 0.6 is 0 Å². The van der Waals surface area contributed by atoms with Gasteiger partial charge >= 0.3 is 6.18 Å². The third-order valence-corrected chi connectivity index (χ3v) is 3.93. The summed E-state index contributed by atoms with van der Waals surface area (Å²) in [4.78, 5) is 12.1. The molecule has 2 rings (SSSR count). The minimum Gasteiger partial charge on any atom is -0.365 e. The maximum absolute atomic E-state index is 12.5. The summed E-state index contributed by atoms with van der Waals surface area (Å²) < 4.78 is 42.9. The van der Waals surface area contributed by atoms with Gasteiger partial charge in [0.05, 0.1) is 5.56 Å². The number of ether oxygens (including phenoxy) is 1. The highest BCUT2D eigenvalue weighted by Gasteiger charge is 2.35. The zero-order valence-corrected chi connectivity index (χ0v) is 12.5. The van der Waals surface area contributed by atoms with Crippen LogP contribution in [0.25, 0.3) is 0 Å². The second-order valence-electron chi connectivity index (χ2n) is 5.74. The van der Waals surface area contributed by atoms with Gasteiger partial charge in [-0.15, -0.1) is 0 Å². The van der Waals surface area contributed by atoms with E-state index in [9.17, 15) is 18.0 Å². The van der Waals surface area contributed by atoms with Crippen molar-refractivity contribution in [2.24, 2.45) is 0 Å². The summed E-state index contributed by atoms with van der Waals surface area (Å²) in [6, 6.07) is 4.99. The molecule has 1 aromatic carbocycles. The Bertz CT molecular complexity index is 505. The van der Waals surface area contributed by atoms with E-state index in [2.05, 4.69) is 5.32 Å². The molecule has 0 spiro atoms. The van der Waals surface area contributed by atoms with E-state index in [0.717, 1.165) is 30.5 Å². The summed E-state index contributed by atoms with van der Waals surface area (Å²) in [5.74, 6) is -0.154. The molecule has 122 valence electrons. The van der Waals surface area contributed by atoms with Gasteiger partial charge in [-0.25, -0.2) is 0 Å². The highest BCUT2D eigenvalue weighted by Crippen LogP contribution is 2.29. The molecule has 1 saturated heterocycles. The molecule has 1 atom stereocenters. The summed E-state index contributed by atoms with van der Waals surface area (Å²) in [7, 11) is 0. The van der Waals surface area contributed by atoms with Crippen LogP contribution in [-0.2, 0) is 22.1 Å². The number of carbonyl (C=O) groups excluding carboxylic acids is 1. The smallest absolute Gasteiger partial charge is 0.365 e. The first-order chi connectivity index (χ1) is 10.3. The highest BCUT2D eigenvalue weighted by atomic mass is 19.4. The molecule has 0 saturated carbocycles. The van der Waals surface area contributed by atoms with Crippen LogP contribution in [0.5, 0.6) is 0 Å².